The Bertz CT molecular complexity index is 1090. The van der Waals surface area contributed by atoms with Gasteiger partial charge in [0.1, 0.15) is 5.75 Å². The number of rotatable bonds is 5. The lowest BCUT2D eigenvalue weighted by Gasteiger charge is -2.29. The van der Waals surface area contributed by atoms with Crippen molar-refractivity contribution in [2.45, 2.75) is 38.6 Å². The molecule has 8 heteroatoms. The highest BCUT2D eigenvalue weighted by Crippen LogP contribution is 2.34. The van der Waals surface area contributed by atoms with Crippen LogP contribution in [-0.4, -0.2) is 23.4 Å². The lowest BCUT2D eigenvalue weighted by molar-refractivity contribution is -0.137. The Labute approximate surface area is 182 Å². The topological polar surface area (TPSA) is 42.4 Å². The van der Waals surface area contributed by atoms with Gasteiger partial charge in [-0.3, -0.25) is 4.79 Å². The number of nitrogens with zero attached hydrogens (tertiary/aromatic N) is 2. The highest BCUT2D eigenvalue weighted by atomic mass is 32.1. The fourth-order valence-electron chi connectivity index (χ4n) is 3.46. The smallest absolute Gasteiger partial charge is 0.416 e. The maximum atomic E-state index is 12.8. The molecule has 4 rings (SSSR count). The fraction of sp³-hybridized carbons (Fsp3) is 0.304. The summed E-state index contributed by atoms with van der Waals surface area (Å²) in [6.07, 6.45) is -2.75. The van der Waals surface area contributed by atoms with E-state index in [2.05, 4.69) is 9.88 Å². The number of benzene rings is 2. The van der Waals surface area contributed by atoms with Crippen molar-refractivity contribution in [3.05, 3.63) is 64.5 Å². The van der Waals surface area contributed by atoms with Crippen LogP contribution in [0.1, 0.15) is 30.5 Å². The zero-order chi connectivity index (χ0) is 22.2. The van der Waals surface area contributed by atoms with Gasteiger partial charge < -0.3 is 9.64 Å². The summed E-state index contributed by atoms with van der Waals surface area (Å²) < 4.78 is 44.1. The Hall–Kier alpha value is -2.87. The van der Waals surface area contributed by atoms with Gasteiger partial charge in [-0.2, -0.15) is 13.2 Å². The molecule has 0 atom stereocenters. The molecule has 0 unspecified atom stereocenters. The highest BCUT2D eigenvalue weighted by molar-refractivity contribution is 7.14. The van der Waals surface area contributed by atoms with Crippen molar-refractivity contribution in [2.24, 2.45) is 0 Å². The number of anilines is 1. The Morgan fingerprint density at radius 1 is 1.10 bits per heavy atom. The van der Waals surface area contributed by atoms with E-state index in [9.17, 15) is 18.0 Å². The molecule has 0 amide bonds. The lowest BCUT2D eigenvalue weighted by Crippen LogP contribution is -2.31. The van der Waals surface area contributed by atoms with Gasteiger partial charge in [0.15, 0.2) is 17.0 Å². The monoisotopic (exact) mass is 446 g/mol. The van der Waals surface area contributed by atoms with Gasteiger partial charge in [0.25, 0.3) is 0 Å². The minimum absolute atomic E-state index is 0.660. The van der Waals surface area contributed by atoms with Gasteiger partial charge in [-0.25, -0.2) is 4.98 Å². The maximum Gasteiger partial charge on any atom is 0.416 e. The van der Waals surface area contributed by atoms with Gasteiger partial charge in [-0.1, -0.05) is 18.2 Å². The van der Waals surface area contributed by atoms with E-state index < -0.39 is 17.3 Å². The molecular formula is C23H21F3N2O2S. The van der Waals surface area contributed by atoms with Crippen molar-refractivity contribution in [1.29, 1.82) is 0 Å². The van der Waals surface area contributed by atoms with Crippen molar-refractivity contribution in [3.63, 3.8) is 0 Å². The molecule has 3 aromatic rings. The number of thiazole rings is 1. The van der Waals surface area contributed by atoms with Gasteiger partial charge in [0.2, 0.25) is 0 Å². The van der Waals surface area contributed by atoms with Gasteiger partial charge in [0.05, 0.1) is 11.3 Å². The molecular weight excluding hydrogens is 425 g/mol. The van der Waals surface area contributed by atoms with E-state index in [1.165, 1.54) is 29.0 Å². The first-order chi connectivity index (χ1) is 14.6. The number of carbonyl (C=O) groups excluding carboxylic acids is 1. The standard InChI is InChI=1S/C23H21F3N2O2S/c1-22(2,14-29)30-19-8-5-17-12-28(10-9-16(17)11-19)21-27-20(13-31-21)15-3-6-18(7-4-15)23(24,25)26/h3-8,11,13-14H,9-10,12H2,1-2H3. The van der Waals surface area contributed by atoms with E-state index in [4.69, 9.17) is 4.74 Å². The van der Waals surface area contributed by atoms with E-state index in [1.54, 1.807) is 13.8 Å². The zero-order valence-corrected chi connectivity index (χ0v) is 17.9. The van der Waals surface area contributed by atoms with E-state index in [0.717, 1.165) is 42.1 Å². The van der Waals surface area contributed by atoms with Crippen LogP contribution in [0.15, 0.2) is 47.8 Å². The van der Waals surface area contributed by atoms with Crippen LogP contribution < -0.4 is 9.64 Å². The molecule has 162 valence electrons. The SMILES string of the molecule is CC(C)(C=O)Oc1ccc2c(c1)CCN(c1nc(-c3ccc(C(F)(F)F)cc3)cs1)C2. The first-order valence-corrected chi connectivity index (χ1v) is 10.7. The largest absolute Gasteiger partial charge is 0.480 e. The summed E-state index contributed by atoms with van der Waals surface area (Å²) in [7, 11) is 0. The Morgan fingerprint density at radius 3 is 2.52 bits per heavy atom. The summed E-state index contributed by atoms with van der Waals surface area (Å²) in [5.41, 5.74) is 2.12. The van der Waals surface area contributed by atoms with Crippen molar-refractivity contribution in [2.75, 3.05) is 11.4 Å². The summed E-state index contributed by atoms with van der Waals surface area (Å²) in [5.74, 6) is 0.670. The number of halogens is 3. The molecule has 4 nitrogen and oxygen atoms in total. The number of aromatic nitrogens is 1. The second kappa shape index (κ2) is 8.00. The molecule has 0 radical (unpaired) electrons. The minimum atomic E-state index is -4.35. The molecule has 1 aliphatic heterocycles. The van der Waals surface area contributed by atoms with Crippen molar-refractivity contribution in [3.8, 4) is 17.0 Å². The third-order valence-electron chi connectivity index (χ3n) is 5.13. The van der Waals surface area contributed by atoms with Crippen LogP contribution >= 0.6 is 11.3 Å². The molecule has 0 saturated carbocycles. The number of hydrogen-bond acceptors (Lipinski definition) is 5. The number of hydrogen-bond donors (Lipinski definition) is 0. The molecule has 1 aromatic heterocycles. The summed E-state index contributed by atoms with van der Waals surface area (Å²) >= 11 is 1.48. The molecule has 0 bridgehead atoms. The second-order valence-electron chi connectivity index (χ2n) is 8.02. The summed E-state index contributed by atoms with van der Waals surface area (Å²) in [4.78, 5) is 17.9. The molecule has 0 N–H and O–H groups in total. The van der Waals surface area contributed by atoms with Crippen LogP contribution in [0, 0.1) is 0 Å². The van der Waals surface area contributed by atoms with Crippen molar-refractivity contribution < 1.29 is 22.7 Å². The Kier molecular flexibility index (Phi) is 5.51. The molecule has 1 aliphatic rings. The van der Waals surface area contributed by atoms with Gasteiger partial charge in [-0.05, 0) is 55.7 Å². The summed E-state index contributed by atoms with van der Waals surface area (Å²) in [6.45, 7) is 4.90. The number of aldehydes is 1. The van der Waals surface area contributed by atoms with Gasteiger partial charge in [-0.15, -0.1) is 11.3 Å². The Balaban J connectivity index is 1.48. The molecule has 0 spiro atoms. The average molecular weight is 446 g/mol. The zero-order valence-electron chi connectivity index (χ0n) is 17.1. The number of fused-ring (bicyclic) bond motifs is 1. The molecule has 2 aromatic carbocycles. The lowest BCUT2D eigenvalue weighted by atomic mass is 9.99. The third kappa shape index (κ3) is 4.74. The number of alkyl halides is 3. The van der Waals surface area contributed by atoms with Crippen molar-refractivity contribution in [1.82, 2.24) is 4.98 Å². The maximum absolute atomic E-state index is 12.8. The van der Waals surface area contributed by atoms with Crippen LogP contribution in [0.2, 0.25) is 0 Å². The minimum Gasteiger partial charge on any atom is -0.480 e. The molecule has 0 fully saturated rings. The van der Waals surface area contributed by atoms with E-state index in [1.807, 2.05) is 23.6 Å². The van der Waals surface area contributed by atoms with Crippen molar-refractivity contribution >= 4 is 22.8 Å². The third-order valence-corrected chi connectivity index (χ3v) is 6.03. The number of carbonyl (C=O) groups is 1. The molecule has 0 aliphatic carbocycles. The van der Waals surface area contributed by atoms with Crippen LogP contribution in [0.25, 0.3) is 11.3 Å². The van der Waals surface area contributed by atoms with Crippen LogP contribution in [0.3, 0.4) is 0 Å². The fourth-order valence-corrected chi connectivity index (χ4v) is 4.32. The van der Waals surface area contributed by atoms with E-state index in [-0.39, 0.29) is 0 Å². The summed E-state index contributed by atoms with van der Waals surface area (Å²) in [6, 6.07) is 10.9. The first kappa shape index (κ1) is 21.4. The van der Waals surface area contributed by atoms with E-state index in [0.29, 0.717) is 23.6 Å². The number of ether oxygens (including phenoxy) is 1. The van der Waals surface area contributed by atoms with E-state index >= 15 is 0 Å². The van der Waals surface area contributed by atoms with Crippen LogP contribution in [0.5, 0.6) is 5.75 Å². The Morgan fingerprint density at radius 2 is 1.84 bits per heavy atom. The summed E-state index contributed by atoms with van der Waals surface area (Å²) in [5, 5.41) is 2.70. The van der Waals surface area contributed by atoms with Gasteiger partial charge in [0, 0.05) is 24.0 Å². The highest BCUT2D eigenvalue weighted by Gasteiger charge is 2.30. The molecule has 2 heterocycles. The normalized spacial score (nSPS) is 14.3. The predicted molar refractivity (Wildman–Crippen MR) is 115 cm³/mol. The van der Waals surface area contributed by atoms with Crippen LogP contribution in [0.4, 0.5) is 18.3 Å². The average Bonchev–Trinajstić information content (AvgIpc) is 3.23. The predicted octanol–water partition coefficient (Wildman–Crippen LogP) is 5.75. The second-order valence-corrected chi connectivity index (χ2v) is 8.85. The van der Waals surface area contributed by atoms with Crippen LogP contribution in [-0.2, 0) is 23.9 Å². The quantitative estimate of drug-likeness (QED) is 0.468. The first-order valence-electron chi connectivity index (χ1n) is 9.80. The molecule has 31 heavy (non-hydrogen) atoms. The molecule has 0 saturated heterocycles. The van der Waals surface area contributed by atoms with Gasteiger partial charge >= 0.3 is 6.18 Å².